The number of hydrogen-bond donors (Lipinski definition) is 0. The highest BCUT2D eigenvalue weighted by Gasteiger charge is 2.68. The highest BCUT2D eigenvalue weighted by molar-refractivity contribution is 5.17. The van der Waals surface area contributed by atoms with Crippen LogP contribution in [0.2, 0.25) is 0 Å². The van der Waals surface area contributed by atoms with Crippen LogP contribution in [-0.2, 0) is 0 Å². The van der Waals surface area contributed by atoms with Crippen LogP contribution in [0.25, 0.3) is 0 Å². The molecule has 0 N–H and O–H groups in total. The maximum atomic E-state index is 2.92. The van der Waals surface area contributed by atoms with Gasteiger partial charge in [0.25, 0.3) is 0 Å². The fraction of sp³-hybridized carbons (Fsp3) is 1.00. The van der Waals surface area contributed by atoms with E-state index in [0.717, 1.165) is 11.8 Å². The summed E-state index contributed by atoms with van der Waals surface area (Å²) in [6.45, 7) is 30.6. The van der Waals surface area contributed by atoms with Crippen molar-refractivity contribution in [1.82, 2.24) is 0 Å². The average Bonchev–Trinajstić information content (AvgIpc) is 3.47. The van der Waals surface area contributed by atoms with Gasteiger partial charge >= 0.3 is 0 Å². The van der Waals surface area contributed by atoms with Crippen molar-refractivity contribution in [3.8, 4) is 0 Å². The van der Waals surface area contributed by atoms with E-state index >= 15 is 0 Å². The van der Waals surface area contributed by atoms with Crippen molar-refractivity contribution in [3.05, 3.63) is 0 Å². The van der Waals surface area contributed by atoms with E-state index in [-0.39, 0.29) is 0 Å². The van der Waals surface area contributed by atoms with Crippen molar-refractivity contribution in [1.29, 1.82) is 0 Å². The normalized spacial score (nSPS) is 16.0. The molecular formula is C78H158. The zero-order valence-electron chi connectivity index (χ0n) is 57.6. The second-order valence-corrected chi connectivity index (χ2v) is 27.8. The SMILES string of the molecule is CCCCCCCCCCCC(CCCCCCCCCC)C(CCCCCCCC)(CCCCCCCCC)C(CCCCCC)(CCCCCCC)C(CCCC)(CCCCC)C(CC)(CCC)C(C)CCCCCC. The molecule has 0 saturated carbocycles. The van der Waals surface area contributed by atoms with E-state index in [4.69, 9.17) is 0 Å². The topological polar surface area (TPSA) is 0 Å². The Morgan fingerprint density at radius 1 is 0.192 bits per heavy atom. The van der Waals surface area contributed by atoms with Gasteiger partial charge in [0, 0.05) is 0 Å². The Hall–Kier alpha value is 0. The van der Waals surface area contributed by atoms with E-state index in [1.54, 1.807) is 38.5 Å². The van der Waals surface area contributed by atoms with Gasteiger partial charge in [0.2, 0.25) is 0 Å². The standard InChI is InChI=1S/C78H158/c1-13-24-33-40-44-46-48-51-57-65-74(64-56-50-47-45-41-34-25-14-2)76(67-59-53-43-36-27-16-4,68-60-54-49-42-35-26-15-3)78(71-61-39-30-19-7,72-62-52-37-28-17-5)77(69-32-21-9,70-58-31-20-8)75(23-11,66-22-10)73(12)63-55-38-29-18-6/h73-74H,13-72H2,1-12H3. The Kier molecular flexibility index (Phi) is 54.9. The first-order valence-corrected chi connectivity index (χ1v) is 38.2. The van der Waals surface area contributed by atoms with E-state index in [1.807, 2.05) is 0 Å². The first-order chi connectivity index (χ1) is 38.2. The summed E-state index contributed by atoms with van der Waals surface area (Å²) in [4.78, 5) is 0. The van der Waals surface area contributed by atoms with Gasteiger partial charge in [-0.15, -0.1) is 0 Å². The maximum Gasteiger partial charge on any atom is -0.0176 e. The third kappa shape index (κ3) is 30.7. The molecule has 78 heavy (non-hydrogen) atoms. The van der Waals surface area contributed by atoms with Crippen LogP contribution in [0, 0.1) is 33.5 Å². The third-order valence-corrected chi connectivity index (χ3v) is 22.0. The Balaban J connectivity index is 9.33. The smallest absolute Gasteiger partial charge is 0.0176 e. The van der Waals surface area contributed by atoms with E-state index in [9.17, 15) is 0 Å². The van der Waals surface area contributed by atoms with Crippen LogP contribution in [-0.4, -0.2) is 0 Å². The summed E-state index contributed by atoms with van der Waals surface area (Å²) in [6, 6.07) is 0. The molecule has 0 aliphatic rings. The molecule has 0 radical (unpaired) electrons. The second kappa shape index (κ2) is 54.9. The summed E-state index contributed by atoms with van der Waals surface area (Å²) in [5, 5.41) is 0. The molecular weight excluding hydrogens is 937 g/mol. The Labute approximate surface area is 499 Å². The largest absolute Gasteiger partial charge is 0.0654 e. The van der Waals surface area contributed by atoms with E-state index in [1.165, 1.54) is 347 Å². The molecule has 0 saturated heterocycles. The number of hydrogen-bond acceptors (Lipinski definition) is 0. The predicted molar refractivity (Wildman–Crippen MR) is 362 cm³/mol. The molecule has 0 spiro atoms. The summed E-state index contributed by atoms with van der Waals surface area (Å²) >= 11 is 0. The van der Waals surface area contributed by atoms with Crippen LogP contribution in [0.3, 0.4) is 0 Å². The van der Waals surface area contributed by atoms with Gasteiger partial charge < -0.3 is 0 Å². The molecule has 6 atom stereocenters. The molecule has 0 bridgehead atoms. The van der Waals surface area contributed by atoms with Gasteiger partial charge in [0.15, 0.2) is 0 Å². The van der Waals surface area contributed by atoms with Crippen molar-refractivity contribution in [2.24, 2.45) is 33.5 Å². The van der Waals surface area contributed by atoms with Crippen molar-refractivity contribution in [3.63, 3.8) is 0 Å². The molecule has 0 heterocycles. The molecule has 0 fully saturated rings. The number of rotatable bonds is 65. The zero-order valence-corrected chi connectivity index (χ0v) is 57.6. The van der Waals surface area contributed by atoms with Crippen molar-refractivity contribution >= 4 is 0 Å². The first-order valence-electron chi connectivity index (χ1n) is 38.2. The lowest BCUT2D eigenvalue weighted by Gasteiger charge is -2.72. The fourth-order valence-electron chi connectivity index (χ4n) is 17.6. The molecule has 0 nitrogen and oxygen atoms in total. The predicted octanol–water partition coefficient (Wildman–Crippen LogP) is 29.8. The van der Waals surface area contributed by atoms with E-state index < -0.39 is 0 Å². The van der Waals surface area contributed by atoms with Gasteiger partial charge in [-0.2, -0.15) is 0 Å². The Bertz CT molecular complexity index is 1170. The van der Waals surface area contributed by atoms with Crippen LogP contribution in [0.4, 0.5) is 0 Å². The fourth-order valence-corrected chi connectivity index (χ4v) is 17.6. The molecule has 470 valence electrons. The van der Waals surface area contributed by atoms with Crippen LogP contribution in [0.15, 0.2) is 0 Å². The van der Waals surface area contributed by atoms with E-state index in [0.29, 0.717) is 21.7 Å². The monoisotopic (exact) mass is 1100 g/mol. The quantitative estimate of drug-likeness (QED) is 0.0533. The molecule has 0 aromatic carbocycles. The van der Waals surface area contributed by atoms with Gasteiger partial charge in [0.05, 0.1) is 0 Å². The lowest BCUT2D eigenvalue weighted by Crippen LogP contribution is -2.64. The third-order valence-electron chi connectivity index (χ3n) is 22.0. The van der Waals surface area contributed by atoms with Gasteiger partial charge in [0.1, 0.15) is 0 Å². The molecule has 0 rings (SSSR count). The molecule has 0 amide bonds. The summed E-state index contributed by atoms with van der Waals surface area (Å²) < 4.78 is 0. The minimum absolute atomic E-state index is 0.371. The van der Waals surface area contributed by atoms with Crippen LogP contribution >= 0.6 is 0 Å². The van der Waals surface area contributed by atoms with Crippen LogP contribution in [0.5, 0.6) is 0 Å². The molecule has 0 aromatic heterocycles. The summed E-state index contributed by atoms with van der Waals surface area (Å²) in [5.74, 6) is 1.67. The van der Waals surface area contributed by atoms with Gasteiger partial charge in [-0.1, -0.05) is 404 Å². The molecule has 0 aliphatic carbocycles. The molecule has 6 unspecified atom stereocenters. The lowest BCUT2D eigenvalue weighted by molar-refractivity contribution is -0.230. The van der Waals surface area contributed by atoms with Crippen molar-refractivity contribution in [2.75, 3.05) is 0 Å². The summed E-state index contributed by atoms with van der Waals surface area (Å²) in [5.41, 5.74) is 1.55. The van der Waals surface area contributed by atoms with Gasteiger partial charge in [-0.3, -0.25) is 0 Å². The molecule has 0 heteroatoms. The summed E-state index contributed by atoms with van der Waals surface area (Å²) in [7, 11) is 0. The zero-order chi connectivity index (χ0) is 57.6. The van der Waals surface area contributed by atoms with E-state index in [2.05, 4.69) is 83.1 Å². The van der Waals surface area contributed by atoms with Crippen LogP contribution in [0.1, 0.15) is 468 Å². The minimum Gasteiger partial charge on any atom is -0.0654 e. The minimum atomic E-state index is 0.371. The average molecular weight is 1100 g/mol. The second-order valence-electron chi connectivity index (χ2n) is 27.8. The van der Waals surface area contributed by atoms with Crippen molar-refractivity contribution < 1.29 is 0 Å². The van der Waals surface area contributed by atoms with Crippen molar-refractivity contribution in [2.45, 2.75) is 468 Å². The Morgan fingerprint density at radius 2 is 0.423 bits per heavy atom. The highest BCUT2D eigenvalue weighted by atomic mass is 14.7. The molecule has 0 aromatic rings. The first kappa shape index (κ1) is 78.0. The Morgan fingerprint density at radius 3 is 0.756 bits per heavy atom. The lowest BCUT2D eigenvalue weighted by atomic mass is 9.33. The van der Waals surface area contributed by atoms with Crippen LogP contribution < -0.4 is 0 Å². The van der Waals surface area contributed by atoms with Gasteiger partial charge in [-0.25, -0.2) is 0 Å². The van der Waals surface area contributed by atoms with Gasteiger partial charge in [-0.05, 0) is 97.7 Å². The summed E-state index contributed by atoms with van der Waals surface area (Å²) in [6.07, 6.45) is 87.8. The maximum absolute atomic E-state index is 2.92. The number of unbranched alkanes of at least 4 members (excludes halogenated alkanes) is 39. The molecule has 0 aliphatic heterocycles. The highest BCUT2D eigenvalue weighted by Crippen LogP contribution is 2.76.